The average molecular weight is 480 g/mol. The van der Waals surface area contributed by atoms with Gasteiger partial charge < -0.3 is 4.90 Å². The number of anilines is 3. The van der Waals surface area contributed by atoms with Crippen molar-refractivity contribution in [2.75, 3.05) is 4.90 Å². The number of benzene rings is 3. The van der Waals surface area contributed by atoms with Crippen LogP contribution in [0.1, 0.15) is 27.1 Å². The van der Waals surface area contributed by atoms with Gasteiger partial charge in [0, 0.05) is 36.6 Å². The molecule has 0 fully saturated rings. The fraction of sp³-hybridized carbons (Fsp3) is 0.161. The van der Waals surface area contributed by atoms with Gasteiger partial charge in [-0.1, -0.05) is 47.5 Å². The molecule has 5 aromatic rings. The summed E-state index contributed by atoms with van der Waals surface area (Å²) >= 11 is 3.79. The summed E-state index contributed by atoms with van der Waals surface area (Å²) in [6.07, 6.45) is 0. The number of thiophene rings is 2. The standard InChI is InChI=1S/C31H29NS2/c1-20-6-12-26(13-7-20)32(27-14-8-21(2)9-15-27)28-16-10-25(11-17-28)30-23(4)19-29(34-30)31-22(3)18-24(5)33-31/h6-19H,1-5H3. The topological polar surface area (TPSA) is 3.24 Å². The molecule has 0 saturated carbocycles. The molecule has 0 aliphatic carbocycles. The lowest BCUT2D eigenvalue weighted by Gasteiger charge is -2.26. The molecule has 0 unspecified atom stereocenters. The quantitative estimate of drug-likeness (QED) is 0.242. The van der Waals surface area contributed by atoms with Gasteiger partial charge in [0.25, 0.3) is 0 Å². The van der Waals surface area contributed by atoms with Crippen molar-refractivity contribution in [3.05, 3.63) is 112 Å². The maximum Gasteiger partial charge on any atom is 0.0474 e. The maximum atomic E-state index is 2.34. The molecule has 5 rings (SSSR count). The molecule has 0 aliphatic heterocycles. The highest BCUT2D eigenvalue weighted by Crippen LogP contribution is 2.43. The molecule has 0 atom stereocenters. The first-order valence-electron chi connectivity index (χ1n) is 11.6. The first-order valence-corrected chi connectivity index (χ1v) is 13.2. The van der Waals surface area contributed by atoms with Gasteiger partial charge in [-0.2, -0.15) is 0 Å². The van der Waals surface area contributed by atoms with Gasteiger partial charge in [0.15, 0.2) is 0 Å². The van der Waals surface area contributed by atoms with Crippen LogP contribution in [0.15, 0.2) is 84.9 Å². The Morgan fingerprint density at radius 2 is 0.971 bits per heavy atom. The normalized spacial score (nSPS) is 11.1. The van der Waals surface area contributed by atoms with E-state index >= 15 is 0 Å². The van der Waals surface area contributed by atoms with Crippen LogP contribution < -0.4 is 4.90 Å². The summed E-state index contributed by atoms with van der Waals surface area (Å²) in [5.74, 6) is 0. The molecule has 3 heteroatoms. The van der Waals surface area contributed by atoms with Crippen molar-refractivity contribution >= 4 is 39.7 Å². The Balaban J connectivity index is 1.52. The first-order chi connectivity index (χ1) is 16.4. The molecule has 2 aromatic heterocycles. The largest absolute Gasteiger partial charge is 0.311 e. The van der Waals surface area contributed by atoms with Gasteiger partial charge in [-0.05, 0) is 99.8 Å². The molecule has 34 heavy (non-hydrogen) atoms. The minimum absolute atomic E-state index is 1.16. The second-order valence-electron chi connectivity index (χ2n) is 9.05. The van der Waals surface area contributed by atoms with Gasteiger partial charge in [-0.25, -0.2) is 0 Å². The van der Waals surface area contributed by atoms with Crippen LogP contribution in [-0.4, -0.2) is 0 Å². The van der Waals surface area contributed by atoms with E-state index < -0.39 is 0 Å². The molecule has 0 amide bonds. The molecule has 0 aliphatic rings. The summed E-state index contributed by atoms with van der Waals surface area (Å²) in [6, 6.07) is 31.1. The minimum Gasteiger partial charge on any atom is -0.311 e. The van der Waals surface area contributed by atoms with E-state index in [4.69, 9.17) is 0 Å². The molecular weight excluding hydrogens is 450 g/mol. The van der Waals surface area contributed by atoms with E-state index in [0.717, 1.165) is 5.69 Å². The summed E-state index contributed by atoms with van der Waals surface area (Å²) in [4.78, 5) is 7.82. The van der Waals surface area contributed by atoms with Crippen molar-refractivity contribution in [3.63, 3.8) is 0 Å². The van der Waals surface area contributed by atoms with Gasteiger partial charge >= 0.3 is 0 Å². The van der Waals surface area contributed by atoms with Crippen LogP contribution in [0.25, 0.3) is 20.2 Å². The second kappa shape index (κ2) is 9.25. The van der Waals surface area contributed by atoms with Crippen molar-refractivity contribution < 1.29 is 0 Å². The zero-order chi connectivity index (χ0) is 23.8. The minimum atomic E-state index is 1.16. The van der Waals surface area contributed by atoms with Crippen molar-refractivity contribution in [3.8, 4) is 20.2 Å². The molecule has 0 spiro atoms. The third-order valence-corrected chi connectivity index (χ3v) is 8.77. The van der Waals surface area contributed by atoms with Gasteiger partial charge in [0.05, 0.1) is 0 Å². The average Bonchev–Trinajstić information content (AvgIpc) is 3.38. The zero-order valence-corrected chi connectivity index (χ0v) is 22.0. The monoisotopic (exact) mass is 479 g/mol. The Morgan fingerprint density at radius 3 is 1.44 bits per heavy atom. The summed E-state index contributed by atoms with van der Waals surface area (Å²) in [5, 5.41) is 0. The number of hydrogen-bond donors (Lipinski definition) is 0. The molecule has 170 valence electrons. The van der Waals surface area contributed by atoms with Crippen LogP contribution in [0.2, 0.25) is 0 Å². The molecular formula is C31H29NS2. The van der Waals surface area contributed by atoms with Gasteiger partial charge in [-0.3, -0.25) is 0 Å². The van der Waals surface area contributed by atoms with E-state index in [1.165, 1.54) is 58.7 Å². The molecule has 0 saturated heterocycles. The number of aryl methyl sites for hydroxylation is 5. The highest BCUT2D eigenvalue weighted by Gasteiger charge is 2.15. The van der Waals surface area contributed by atoms with Crippen LogP contribution in [-0.2, 0) is 0 Å². The molecule has 1 nitrogen and oxygen atoms in total. The number of hydrogen-bond acceptors (Lipinski definition) is 3. The van der Waals surface area contributed by atoms with Crippen LogP contribution in [0.3, 0.4) is 0 Å². The fourth-order valence-electron chi connectivity index (χ4n) is 4.36. The van der Waals surface area contributed by atoms with E-state index in [1.54, 1.807) is 0 Å². The van der Waals surface area contributed by atoms with Gasteiger partial charge in [0.1, 0.15) is 0 Å². The van der Waals surface area contributed by atoms with Crippen LogP contribution in [0, 0.1) is 34.6 Å². The summed E-state index contributed by atoms with van der Waals surface area (Å²) in [6.45, 7) is 10.9. The maximum absolute atomic E-state index is 2.34. The Bertz CT molecular complexity index is 1370. The fourth-order valence-corrected chi connectivity index (χ4v) is 6.73. The number of nitrogens with zero attached hydrogens (tertiary/aromatic N) is 1. The lowest BCUT2D eigenvalue weighted by atomic mass is 10.1. The number of rotatable bonds is 5. The Labute approximate surface area is 211 Å². The smallest absolute Gasteiger partial charge is 0.0474 e. The predicted octanol–water partition coefficient (Wildman–Crippen LogP) is 10.2. The molecule has 0 radical (unpaired) electrons. The van der Waals surface area contributed by atoms with E-state index in [-0.39, 0.29) is 0 Å². The van der Waals surface area contributed by atoms with E-state index in [9.17, 15) is 0 Å². The van der Waals surface area contributed by atoms with Crippen molar-refractivity contribution in [2.24, 2.45) is 0 Å². The van der Waals surface area contributed by atoms with Crippen molar-refractivity contribution in [1.29, 1.82) is 0 Å². The van der Waals surface area contributed by atoms with E-state index in [1.807, 2.05) is 22.7 Å². The Morgan fingerprint density at radius 1 is 0.500 bits per heavy atom. The molecule has 0 bridgehead atoms. The predicted molar refractivity (Wildman–Crippen MR) is 151 cm³/mol. The van der Waals surface area contributed by atoms with Crippen LogP contribution in [0.5, 0.6) is 0 Å². The molecule has 2 heterocycles. The van der Waals surface area contributed by atoms with Crippen LogP contribution >= 0.6 is 22.7 Å². The van der Waals surface area contributed by atoms with Crippen molar-refractivity contribution in [2.45, 2.75) is 34.6 Å². The third kappa shape index (κ3) is 4.46. The highest BCUT2D eigenvalue weighted by atomic mass is 32.1. The van der Waals surface area contributed by atoms with Gasteiger partial charge in [-0.15, -0.1) is 22.7 Å². The summed E-state index contributed by atoms with van der Waals surface area (Å²) in [5.41, 5.74) is 10.0. The Hall–Kier alpha value is -3.14. The highest BCUT2D eigenvalue weighted by molar-refractivity contribution is 7.24. The Kier molecular flexibility index (Phi) is 6.16. The SMILES string of the molecule is Cc1ccc(N(c2ccc(C)cc2)c2ccc(-c3sc(-c4sc(C)cc4C)cc3C)cc2)cc1. The van der Waals surface area contributed by atoms with Crippen LogP contribution in [0.4, 0.5) is 17.1 Å². The molecule has 0 N–H and O–H groups in total. The van der Waals surface area contributed by atoms with Crippen molar-refractivity contribution in [1.82, 2.24) is 0 Å². The zero-order valence-electron chi connectivity index (χ0n) is 20.3. The summed E-state index contributed by atoms with van der Waals surface area (Å²) in [7, 11) is 0. The van der Waals surface area contributed by atoms with Gasteiger partial charge in [0.2, 0.25) is 0 Å². The third-order valence-electron chi connectivity index (χ3n) is 6.15. The van der Waals surface area contributed by atoms with E-state index in [2.05, 4.69) is 124 Å². The lowest BCUT2D eigenvalue weighted by molar-refractivity contribution is 1.27. The summed E-state index contributed by atoms with van der Waals surface area (Å²) < 4.78 is 0. The first kappa shape index (κ1) is 22.6. The van der Waals surface area contributed by atoms with E-state index in [0.29, 0.717) is 0 Å². The second-order valence-corrected chi connectivity index (χ2v) is 11.4. The lowest BCUT2D eigenvalue weighted by Crippen LogP contribution is -2.09. The molecule has 3 aromatic carbocycles.